The number of hydrogen-bond acceptors (Lipinski definition) is 2. The van der Waals surface area contributed by atoms with Gasteiger partial charge >= 0.3 is 5.97 Å². The number of hydrogen-bond donors (Lipinski definition) is 0. The Morgan fingerprint density at radius 2 is 2.08 bits per heavy atom. The van der Waals surface area contributed by atoms with Gasteiger partial charge in [0.25, 0.3) is 0 Å². The van der Waals surface area contributed by atoms with E-state index in [9.17, 15) is 4.79 Å². The summed E-state index contributed by atoms with van der Waals surface area (Å²) in [5.41, 5.74) is 0. The van der Waals surface area contributed by atoms with Crippen LogP contribution in [-0.4, -0.2) is 18.5 Å². The van der Waals surface area contributed by atoms with Crippen molar-refractivity contribution < 1.29 is 9.53 Å². The second-order valence-corrected chi connectivity index (χ2v) is 3.84. The molecule has 0 N–H and O–H groups in total. The van der Waals surface area contributed by atoms with Gasteiger partial charge in [-0.3, -0.25) is 4.79 Å². The van der Waals surface area contributed by atoms with Gasteiger partial charge in [-0.25, -0.2) is 0 Å². The van der Waals surface area contributed by atoms with Gasteiger partial charge in [-0.2, -0.15) is 0 Å². The molecule has 13 heavy (non-hydrogen) atoms. The second-order valence-electron chi connectivity index (χ2n) is 3.23. The molecule has 0 aromatic heterocycles. The number of methoxy groups -OCH3 is 1. The van der Waals surface area contributed by atoms with Gasteiger partial charge in [0.05, 0.1) is 13.5 Å². The normalized spacial score (nSPS) is 12.5. The predicted octanol–water partition coefficient (Wildman–Crippen LogP) is 3.13. The predicted molar refractivity (Wildman–Crippen MR) is 55.0 cm³/mol. The molecule has 1 atom stereocenters. The van der Waals surface area contributed by atoms with E-state index in [1.165, 1.54) is 26.4 Å². The maximum atomic E-state index is 10.8. The summed E-state index contributed by atoms with van der Waals surface area (Å²) in [4.78, 5) is 10.8. The smallest absolute Gasteiger partial charge is 0.307 e. The van der Waals surface area contributed by atoms with Gasteiger partial charge in [0.15, 0.2) is 0 Å². The summed E-state index contributed by atoms with van der Waals surface area (Å²) in [5.74, 6) is -0.213. The Morgan fingerprint density at radius 3 is 2.62 bits per heavy atom. The number of alkyl halides is 1. The maximum absolute atomic E-state index is 10.8. The van der Waals surface area contributed by atoms with Crippen LogP contribution in [0.2, 0.25) is 0 Å². The topological polar surface area (TPSA) is 26.3 Å². The van der Waals surface area contributed by atoms with Crippen molar-refractivity contribution in [2.75, 3.05) is 7.11 Å². The number of unbranched alkanes of at least 4 members (excludes halogenated alkanes) is 3. The van der Waals surface area contributed by atoms with E-state index >= 15 is 0 Å². The molecule has 0 rings (SSSR count). The lowest BCUT2D eigenvalue weighted by atomic mass is 10.1. The molecule has 0 radical (unpaired) electrons. The van der Waals surface area contributed by atoms with E-state index in [1.54, 1.807) is 0 Å². The molecule has 0 aliphatic rings. The summed E-state index contributed by atoms with van der Waals surface area (Å²) >= 11 is 5.93. The Hall–Kier alpha value is -0.240. The van der Waals surface area contributed by atoms with Crippen molar-refractivity contribution >= 4 is 17.6 Å². The molecule has 0 aliphatic heterocycles. The highest BCUT2D eigenvalue weighted by molar-refractivity contribution is 6.21. The van der Waals surface area contributed by atoms with Crippen molar-refractivity contribution in [2.45, 2.75) is 50.8 Å². The van der Waals surface area contributed by atoms with Gasteiger partial charge in [-0.1, -0.05) is 32.6 Å². The number of rotatable bonds is 7. The first-order valence-corrected chi connectivity index (χ1v) is 5.35. The lowest BCUT2D eigenvalue weighted by Crippen LogP contribution is -2.09. The number of ether oxygens (including phenoxy) is 1. The van der Waals surface area contributed by atoms with E-state index < -0.39 is 0 Å². The first kappa shape index (κ1) is 12.8. The van der Waals surface area contributed by atoms with E-state index in [0.29, 0.717) is 6.42 Å². The Balaban J connectivity index is 3.29. The van der Waals surface area contributed by atoms with Crippen LogP contribution in [0.3, 0.4) is 0 Å². The molecular weight excluding hydrogens is 188 g/mol. The van der Waals surface area contributed by atoms with Crippen LogP contribution in [0.4, 0.5) is 0 Å². The molecule has 0 heterocycles. The molecule has 0 fully saturated rings. The van der Waals surface area contributed by atoms with Gasteiger partial charge in [0.2, 0.25) is 0 Å². The standard InChI is InChI=1S/C10H19ClO2/c1-3-4-5-6-7-9(11)8-10(12)13-2/h9H,3-8H2,1-2H3. The molecule has 2 nitrogen and oxygen atoms in total. The van der Waals surface area contributed by atoms with Gasteiger partial charge in [0.1, 0.15) is 0 Å². The van der Waals surface area contributed by atoms with Gasteiger partial charge in [-0.15, -0.1) is 11.6 Å². The van der Waals surface area contributed by atoms with E-state index in [1.807, 2.05) is 0 Å². The number of carbonyl (C=O) groups excluding carboxylic acids is 1. The van der Waals surface area contributed by atoms with E-state index in [4.69, 9.17) is 11.6 Å². The van der Waals surface area contributed by atoms with E-state index in [2.05, 4.69) is 11.7 Å². The minimum atomic E-state index is -0.213. The first-order chi connectivity index (χ1) is 6.20. The zero-order chi connectivity index (χ0) is 10.1. The van der Waals surface area contributed by atoms with Crippen molar-refractivity contribution in [1.82, 2.24) is 0 Å². The highest BCUT2D eigenvalue weighted by Gasteiger charge is 2.10. The highest BCUT2D eigenvalue weighted by Crippen LogP contribution is 2.13. The molecule has 1 unspecified atom stereocenters. The fourth-order valence-corrected chi connectivity index (χ4v) is 1.44. The van der Waals surface area contributed by atoms with Crippen LogP contribution >= 0.6 is 11.6 Å². The molecular formula is C10H19ClO2. The molecule has 3 heteroatoms. The third-order valence-electron chi connectivity index (χ3n) is 1.99. The van der Waals surface area contributed by atoms with Gasteiger partial charge in [-0.05, 0) is 6.42 Å². The Kier molecular flexibility index (Phi) is 8.21. The minimum absolute atomic E-state index is 0.0516. The van der Waals surface area contributed by atoms with Gasteiger partial charge < -0.3 is 4.74 Å². The Labute approximate surface area is 85.6 Å². The zero-order valence-corrected chi connectivity index (χ0v) is 9.27. The molecule has 0 aromatic carbocycles. The summed E-state index contributed by atoms with van der Waals surface area (Å²) in [5, 5.41) is -0.0516. The van der Waals surface area contributed by atoms with Crippen LogP contribution in [-0.2, 0) is 9.53 Å². The van der Waals surface area contributed by atoms with E-state index in [0.717, 1.165) is 12.8 Å². The van der Waals surface area contributed by atoms with Crippen LogP contribution in [0.15, 0.2) is 0 Å². The van der Waals surface area contributed by atoms with E-state index in [-0.39, 0.29) is 11.3 Å². The largest absolute Gasteiger partial charge is 0.469 e. The number of halogens is 1. The molecule has 0 spiro atoms. The van der Waals surface area contributed by atoms with Crippen molar-refractivity contribution in [2.24, 2.45) is 0 Å². The molecule has 0 saturated heterocycles. The van der Waals surface area contributed by atoms with Crippen LogP contribution in [0.25, 0.3) is 0 Å². The Bertz CT molecular complexity index is 137. The molecule has 78 valence electrons. The Morgan fingerprint density at radius 1 is 1.38 bits per heavy atom. The minimum Gasteiger partial charge on any atom is -0.469 e. The lowest BCUT2D eigenvalue weighted by Gasteiger charge is -2.06. The van der Waals surface area contributed by atoms with Crippen molar-refractivity contribution in [3.05, 3.63) is 0 Å². The lowest BCUT2D eigenvalue weighted by molar-refractivity contribution is -0.140. The zero-order valence-electron chi connectivity index (χ0n) is 8.51. The fraction of sp³-hybridized carbons (Fsp3) is 0.900. The summed E-state index contributed by atoms with van der Waals surface area (Å²) < 4.78 is 4.52. The summed E-state index contributed by atoms with van der Waals surface area (Å²) in [6, 6.07) is 0. The maximum Gasteiger partial charge on any atom is 0.307 e. The molecule has 0 amide bonds. The fourth-order valence-electron chi connectivity index (χ4n) is 1.16. The molecule has 0 bridgehead atoms. The molecule has 0 saturated carbocycles. The average molecular weight is 207 g/mol. The quantitative estimate of drug-likeness (QED) is 0.364. The molecule has 0 aliphatic carbocycles. The SMILES string of the molecule is CCCCCCC(Cl)CC(=O)OC. The number of carbonyl (C=O) groups is 1. The third-order valence-corrected chi connectivity index (χ3v) is 2.36. The third kappa shape index (κ3) is 8.10. The summed E-state index contributed by atoms with van der Waals surface area (Å²) in [6.45, 7) is 2.17. The van der Waals surface area contributed by atoms with Crippen LogP contribution < -0.4 is 0 Å². The van der Waals surface area contributed by atoms with Crippen molar-refractivity contribution in [3.8, 4) is 0 Å². The average Bonchev–Trinajstić information content (AvgIpc) is 2.12. The molecule has 0 aromatic rings. The summed E-state index contributed by atoms with van der Waals surface area (Å²) in [7, 11) is 1.39. The van der Waals surface area contributed by atoms with Crippen LogP contribution in [0.1, 0.15) is 45.4 Å². The summed E-state index contributed by atoms with van der Waals surface area (Å²) in [6.07, 6.45) is 6.05. The van der Waals surface area contributed by atoms with Crippen LogP contribution in [0, 0.1) is 0 Å². The van der Waals surface area contributed by atoms with Crippen molar-refractivity contribution in [3.63, 3.8) is 0 Å². The first-order valence-electron chi connectivity index (χ1n) is 4.91. The monoisotopic (exact) mass is 206 g/mol. The van der Waals surface area contributed by atoms with Gasteiger partial charge in [0, 0.05) is 5.38 Å². The number of esters is 1. The highest BCUT2D eigenvalue weighted by atomic mass is 35.5. The van der Waals surface area contributed by atoms with Crippen molar-refractivity contribution in [1.29, 1.82) is 0 Å². The van der Waals surface area contributed by atoms with Crippen LogP contribution in [0.5, 0.6) is 0 Å². The second kappa shape index (κ2) is 8.36.